The summed E-state index contributed by atoms with van der Waals surface area (Å²) in [5.41, 5.74) is 1.64. The van der Waals surface area contributed by atoms with Gasteiger partial charge in [-0.3, -0.25) is 14.4 Å². The third-order valence-corrected chi connectivity index (χ3v) is 8.05. The molecule has 0 aromatic heterocycles. The Morgan fingerprint density at radius 1 is 0.939 bits per heavy atom. The standard InChI is InChI=1S/C24H31ClN4O3S/c1-19-5-4-6-20(17-19)26-33(31,32)21-7-8-23(25)22(18-21)24(30)29-15-13-28(14-16-29)12-11-27-9-2-3-10-27/h4-8,17-18,26H,2-3,9-16H2,1H3. The van der Waals surface area contributed by atoms with Crippen molar-refractivity contribution in [3.8, 4) is 0 Å². The normalized spacial score (nSPS) is 17.9. The molecule has 2 aromatic rings. The van der Waals surface area contributed by atoms with Gasteiger partial charge in [0.25, 0.3) is 15.9 Å². The molecule has 2 aromatic carbocycles. The van der Waals surface area contributed by atoms with Crippen molar-refractivity contribution in [3.05, 3.63) is 58.6 Å². The number of rotatable bonds is 7. The number of aryl methyl sites for hydroxylation is 1. The smallest absolute Gasteiger partial charge is 0.261 e. The van der Waals surface area contributed by atoms with E-state index in [0.717, 1.165) is 31.7 Å². The molecule has 2 aliphatic rings. The monoisotopic (exact) mass is 490 g/mol. The molecular weight excluding hydrogens is 460 g/mol. The maximum absolute atomic E-state index is 13.2. The summed E-state index contributed by atoms with van der Waals surface area (Å²) in [6.45, 7) is 9.19. The minimum atomic E-state index is -3.85. The molecule has 0 unspecified atom stereocenters. The largest absolute Gasteiger partial charge is 0.336 e. The van der Waals surface area contributed by atoms with Crippen LogP contribution in [0.15, 0.2) is 47.4 Å². The summed E-state index contributed by atoms with van der Waals surface area (Å²) in [5, 5.41) is 0.256. The highest BCUT2D eigenvalue weighted by Gasteiger charge is 2.26. The molecule has 2 heterocycles. The van der Waals surface area contributed by atoms with Crippen molar-refractivity contribution in [2.45, 2.75) is 24.7 Å². The molecular formula is C24H31ClN4O3S. The minimum Gasteiger partial charge on any atom is -0.336 e. The first-order valence-electron chi connectivity index (χ1n) is 11.4. The molecule has 0 aliphatic carbocycles. The maximum Gasteiger partial charge on any atom is 0.261 e. The third kappa shape index (κ3) is 6.06. The van der Waals surface area contributed by atoms with Crippen LogP contribution in [-0.4, -0.2) is 81.4 Å². The molecule has 0 saturated carbocycles. The first-order valence-corrected chi connectivity index (χ1v) is 13.3. The Morgan fingerprint density at radius 2 is 1.61 bits per heavy atom. The van der Waals surface area contributed by atoms with Gasteiger partial charge in [0.05, 0.1) is 15.5 Å². The minimum absolute atomic E-state index is 0.0148. The number of likely N-dealkylation sites (tertiary alicyclic amines) is 1. The summed E-state index contributed by atoms with van der Waals surface area (Å²) in [4.78, 5) is 19.8. The molecule has 0 bridgehead atoms. The van der Waals surface area contributed by atoms with Gasteiger partial charge in [-0.05, 0) is 68.8 Å². The quantitative estimate of drug-likeness (QED) is 0.644. The van der Waals surface area contributed by atoms with E-state index in [0.29, 0.717) is 18.8 Å². The number of sulfonamides is 1. The third-order valence-electron chi connectivity index (χ3n) is 6.34. The molecule has 7 nitrogen and oxygen atoms in total. The van der Waals surface area contributed by atoms with Crippen LogP contribution in [-0.2, 0) is 10.0 Å². The second-order valence-corrected chi connectivity index (χ2v) is 10.9. The number of nitrogens with one attached hydrogen (secondary N) is 1. The Balaban J connectivity index is 1.40. The summed E-state index contributed by atoms with van der Waals surface area (Å²) in [7, 11) is -3.85. The highest BCUT2D eigenvalue weighted by Crippen LogP contribution is 2.24. The Hall–Kier alpha value is -2.13. The van der Waals surface area contributed by atoms with Gasteiger partial charge in [0.2, 0.25) is 0 Å². The molecule has 178 valence electrons. The lowest BCUT2D eigenvalue weighted by molar-refractivity contribution is 0.0626. The first kappa shape index (κ1) is 24.0. The van der Waals surface area contributed by atoms with Gasteiger partial charge < -0.3 is 9.80 Å². The molecule has 4 rings (SSSR count). The van der Waals surface area contributed by atoms with Gasteiger partial charge in [0, 0.05) is 45.0 Å². The maximum atomic E-state index is 13.2. The first-order chi connectivity index (χ1) is 15.8. The number of hydrogen-bond donors (Lipinski definition) is 1. The lowest BCUT2D eigenvalue weighted by Gasteiger charge is -2.35. The van der Waals surface area contributed by atoms with Crippen molar-refractivity contribution >= 4 is 33.2 Å². The number of carbonyl (C=O) groups is 1. The summed E-state index contributed by atoms with van der Waals surface area (Å²) in [6.07, 6.45) is 2.58. The van der Waals surface area contributed by atoms with Crippen molar-refractivity contribution in [2.24, 2.45) is 0 Å². The zero-order chi connectivity index (χ0) is 23.4. The number of anilines is 1. The predicted octanol–water partition coefficient (Wildman–Crippen LogP) is 3.30. The van der Waals surface area contributed by atoms with Gasteiger partial charge >= 0.3 is 0 Å². The zero-order valence-electron chi connectivity index (χ0n) is 19.0. The Bertz CT molecular complexity index is 1090. The van der Waals surface area contributed by atoms with E-state index in [1.54, 1.807) is 23.1 Å². The lowest BCUT2D eigenvalue weighted by Crippen LogP contribution is -2.50. The number of amides is 1. The Kier molecular flexibility index (Phi) is 7.58. The highest BCUT2D eigenvalue weighted by molar-refractivity contribution is 7.92. The van der Waals surface area contributed by atoms with Crippen LogP contribution in [0.2, 0.25) is 5.02 Å². The van der Waals surface area contributed by atoms with Crippen LogP contribution in [0.4, 0.5) is 5.69 Å². The van der Waals surface area contributed by atoms with E-state index in [4.69, 9.17) is 11.6 Å². The molecule has 2 aliphatic heterocycles. The van der Waals surface area contributed by atoms with Crippen molar-refractivity contribution in [2.75, 3.05) is 57.1 Å². The molecule has 0 atom stereocenters. The second-order valence-electron chi connectivity index (χ2n) is 8.80. The summed E-state index contributed by atoms with van der Waals surface area (Å²) in [6, 6.07) is 11.4. The Labute approximate surface area is 201 Å². The van der Waals surface area contributed by atoms with Gasteiger partial charge in [-0.25, -0.2) is 8.42 Å². The number of piperazine rings is 1. The average molecular weight is 491 g/mol. The van der Waals surface area contributed by atoms with E-state index in [-0.39, 0.29) is 21.4 Å². The Morgan fingerprint density at radius 3 is 2.27 bits per heavy atom. The second kappa shape index (κ2) is 10.4. The molecule has 1 N–H and O–H groups in total. The highest BCUT2D eigenvalue weighted by atomic mass is 35.5. The summed E-state index contributed by atoms with van der Waals surface area (Å²) < 4.78 is 28.4. The van der Waals surface area contributed by atoms with Crippen LogP contribution >= 0.6 is 11.6 Å². The molecule has 2 fully saturated rings. The van der Waals surface area contributed by atoms with Crippen LogP contribution < -0.4 is 4.72 Å². The van der Waals surface area contributed by atoms with Gasteiger partial charge in [-0.15, -0.1) is 0 Å². The zero-order valence-corrected chi connectivity index (χ0v) is 20.5. The van der Waals surface area contributed by atoms with Gasteiger partial charge in [0.1, 0.15) is 0 Å². The van der Waals surface area contributed by atoms with Crippen LogP contribution in [0.1, 0.15) is 28.8 Å². The van der Waals surface area contributed by atoms with E-state index in [2.05, 4.69) is 14.5 Å². The fourth-order valence-corrected chi connectivity index (χ4v) is 5.67. The van der Waals surface area contributed by atoms with Crippen LogP contribution in [0.5, 0.6) is 0 Å². The molecule has 33 heavy (non-hydrogen) atoms. The average Bonchev–Trinajstić information content (AvgIpc) is 3.31. The number of benzene rings is 2. The summed E-state index contributed by atoms with van der Waals surface area (Å²) >= 11 is 6.31. The fraction of sp³-hybridized carbons (Fsp3) is 0.458. The molecule has 9 heteroatoms. The van der Waals surface area contributed by atoms with Crippen molar-refractivity contribution in [1.29, 1.82) is 0 Å². The lowest BCUT2D eigenvalue weighted by atomic mass is 10.1. The van der Waals surface area contributed by atoms with E-state index < -0.39 is 10.0 Å². The molecule has 1 amide bonds. The van der Waals surface area contributed by atoms with Crippen molar-refractivity contribution in [3.63, 3.8) is 0 Å². The van der Waals surface area contributed by atoms with E-state index in [9.17, 15) is 13.2 Å². The topological polar surface area (TPSA) is 73.0 Å². The van der Waals surface area contributed by atoms with Crippen molar-refractivity contribution in [1.82, 2.24) is 14.7 Å². The van der Waals surface area contributed by atoms with Crippen molar-refractivity contribution < 1.29 is 13.2 Å². The SMILES string of the molecule is Cc1cccc(NS(=O)(=O)c2ccc(Cl)c(C(=O)N3CCN(CCN4CCCC4)CC3)c2)c1. The van der Waals surface area contributed by atoms with Crippen LogP contribution in [0.25, 0.3) is 0 Å². The molecule has 0 radical (unpaired) electrons. The van der Waals surface area contributed by atoms with Crippen LogP contribution in [0, 0.1) is 6.92 Å². The van der Waals surface area contributed by atoms with E-state index >= 15 is 0 Å². The van der Waals surface area contributed by atoms with Crippen LogP contribution in [0.3, 0.4) is 0 Å². The van der Waals surface area contributed by atoms with Gasteiger partial charge in [-0.1, -0.05) is 23.7 Å². The number of carbonyl (C=O) groups excluding carboxylic acids is 1. The van der Waals surface area contributed by atoms with Gasteiger partial charge in [0.15, 0.2) is 0 Å². The predicted molar refractivity (Wildman–Crippen MR) is 131 cm³/mol. The van der Waals surface area contributed by atoms with E-state index in [1.807, 2.05) is 13.0 Å². The molecule has 2 saturated heterocycles. The van der Waals surface area contributed by atoms with E-state index in [1.165, 1.54) is 44.1 Å². The number of nitrogens with zero attached hydrogens (tertiary/aromatic N) is 3. The summed E-state index contributed by atoms with van der Waals surface area (Å²) in [5.74, 6) is -0.230. The van der Waals surface area contributed by atoms with Gasteiger partial charge in [-0.2, -0.15) is 0 Å². The fourth-order valence-electron chi connectivity index (χ4n) is 4.39. The molecule has 0 spiro atoms. The number of hydrogen-bond acceptors (Lipinski definition) is 5. The number of halogens is 1.